The van der Waals surface area contributed by atoms with Crippen LogP contribution >= 0.6 is 0 Å². The molecule has 274 valence electrons. The van der Waals surface area contributed by atoms with Crippen molar-refractivity contribution in [1.29, 1.82) is 0 Å². The first kappa shape index (κ1) is 44.3. The number of rotatable bonds is 24. The minimum Gasteiger partial charge on any atom is -0.426 e. The molecule has 0 aliphatic rings. The molecule has 0 rings (SSSR count). The Bertz CT molecular complexity index is 1120. The maximum atomic E-state index is 13.0. The summed E-state index contributed by atoms with van der Waals surface area (Å²) in [6, 6.07) is -3.69. The topological polar surface area (TPSA) is 203 Å². The summed E-state index contributed by atoms with van der Waals surface area (Å²) in [4.78, 5) is 100. The second kappa shape index (κ2) is 22.8. The zero-order valence-electron chi connectivity index (χ0n) is 30.4. The third-order valence-corrected chi connectivity index (χ3v) is 7.01. The molecule has 14 heteroatoms. The van der Waals surface area contributed by atoms with E-state index in [2.05, 4.69) is 21.3 Å². The van der Waals surface area contributed by atoms with E-state index in [-0.39, 0.29) is 60.9 Å². The van der Waals surface area contributed by atoms with Crippen molar-refractivity contribution in [2.75, 3.05) is 13.8 Å². The number of carbonyl (C=O) groups is 8. The maximum Gasteiger partial charge on any atom is 0.331 e. The van der Waals surface area contributed by atoms with Gasteiger partial charge in [-0.25, -0.2) is 9.59 Å². The van der Waals surface area contributed by atoms with Crippen LogP contribution in [0.4, 0.5) is 0 Å². The molecular formula is C34H58N4O10. The minimum absolute atomic E-state index is 0.00717. The number of hydrogen-bond acceptors (Lipinski definition) is 11. The van der Waals surface area contributed by atoms with Crippen molar-refractivity contribution < 1.29 is 47.8 Å². The number of nitrogens with one attached hydrogen (secondary N) is 4. The lowest BCUT2D eigenvalue weighted by Crippen LogP contribution is -2.47. The Morgan fingerprint density at radius 3 is 1.19 bits per heavy atom. The van der Waals surface area contributed by atoms with Gasteiger partial charge in [0.25, 0.3) is 0 Å². The lowest BCUT2D eigenvalue weighted by molar-refractivity contribution is -0.171. The van der Waals surface area contributed by atoms with E-state index in [0.29, 0.717) is 6.42 Å². The average Bonchev–Trinajstić information content (AvgIpc) is 2.93. The van der Waals surface area contributed by atoms with Gasteiger partial charge in [0.1, 0.15) is 24.3 Å². The molecule has 0 saturated carbocycles. The first-order chi connectivity index (χ1) is 22.2. The summed E-state index contributed by atoms with van der Waals surface area (Å²) in [5.74, 6) is -4.87. The molecule has 0 heterocycles. The van der Waals surface area contributed by atoms with Crippen LogP contribution in [0.1, 0.15) is 107 Å². The molecule has 3 amide bonds. The van der Waals surface area contributed by atoms with Crippen LogP contribution in [0.25, 0.3) is 0 Å². The van der Waals surface area contributed by atoms with Crippen molar-refractivity contribution >= 4 is 47.0 Å². The van der Waals surface area contributed by atoms with Gasteiger partial charge in [0.05, 0.1) is 24.9 Å². The molecule has 0 fully saturated rings. The molecule has 0 aromatic rings. The van der Waals surface area contributed by atoms with E-state index < -0.39 is 79.2 Å². The highest BCUT2D eigenvalue weighted by Crippen LogP contribution is 2.13. The highest BCUT2D eigenvalue weighted by Gasteiger charge is 2.30. The fourth-order valence-electron chi connectivity index (χ4n) is 4.87. The Morgan fingerprint density at radius 1 is 0.479 bits per heavy atom. The number of esters is 2. The number of ether oxygens (including phenoxy) is 2. The van der Waals surface area contributed by atoms with E-state index in [1.165, 1.54) is 6.92 Å². The van der Waals surface area contributed by atoms with Crippen molar-refractivity contribution in [3.63, 3.8) is 0 Å². The van der Waals surface area contributed by atoms with E-state index in [0.717, 1.165) is 0 Å². The molecule has 4 atom stereocenters. The molecule has 0 aliphatic heterocycles. The number of Topliss-reactive ketones (excluding diaryl/α,β-unsaturated/α-hetero) is 3. The van der Waals surface area contributed by atoms with Crippen LogP contribution in [0.2, 0.25) is 0 Å². The normalized spacial score (nSPS) is 13.8. The molecule has 4 N–H and O–H groups in total. The Hall–Kier alpha value is -3.68. The summed E-state index contributed by atoms with van der Waals surface area (Å²) in [5.41, 5.74) is 0. The van der Waals surface area contributed by atoms with Crippen LogP contribution < -0.4 is 21.3 Å². The SMILES string of the molecule is CNC(CC(C)C)C(=O)CC(=O)C(CC(C)C)NC(=O)CC(=O)NC(CC(C)C)C(=O)OCOC(=O)C(CC(C)C)NC(=O)CC(C)=O. The largest absolute Gasteiger partial charge is 0.426 e. The first-order valence-electron chi connectivity index (χ1n) is 16.7. The second-order valence-corrected chi connectivity index (χ2v) is 13.9. The number of carbonyl (C=O) groups excluding carboxylic acids is 8. The average molecular weight is 683 g/mol. The molecule has 14 nitrogen and oxygen atoms in total. The third kappa shape index (κ3) is 19.9. The Balaban J connectivity index is 5.32. The third-order valence-electron chi connectivity index (χ3n) is 7.01. The first-order valence-corrected chi connectivity index (χ1v) is 16.7. The number of hydrogen-bond donors (Lipinski definition) is 4. The van der Waals surface area contributed by atoms with Crippen molar-refractivity contribution in [1.82, 2.24) is 21.3 Å². The van der Waals surface area contributed by atoms with Gasteiger partial charge in [-0.3, -0.25) is 28.8 Å². The van der Waals surface area contributed by atoms with E-state index in [9.17, 15) is 38.4 Å². The second-order valence-electron chi connectivity index (χ2n) is 13.9. The minimum atomic E-state index is -1.17. The highest BCUT2D eigenvalue weighted by atomic mass is 16.7. The summed E-state index contributed by atoms with van der Waals surface area (Å²) in [6.07, 6.45) is -0.238. The van der Waals surface area contributed by atoms with Crippen LogP contribution in [0.15, 0.2) is 0 Å². The van der Waals surface area contributed by atoms with Gasteiger partial charge in [0.15, 0.2) is 11.6 Å². The van der Waals surface area contributed by atoms with Crippen LogP contribution in [-0.2, 0) is 47.8 Å². The maximum absolute atomic E-state index is 13.0. The lowest BCUT2D eigenvalue weighted by Gasteiger charge is -2.22. The standard InChI is InChI=1S/C34H58N4O10/c1-19(2)11-24(35-10)28(40)16-29(41)25(12-20(3)4)36-31(43)17-32(44)38-27(14-22(7)8)34(46)48-18-47-33(45)26(13-21(5)6)37-30(42)15-23(9)39/h19-22,24-27,35H,11-18H2,1-10H3,(H,36,43)(H,37,42)(H,38,44). The molecule has 0 aliphatic carbocycles. The molecular weight excluding hydrogens is 624 g/mol. The summed E-state index contributed by atoms with van der Waals surface area (Å²) in [5, 5.41) is 10.4. The molecule has 0 bridgehead atoms. The van der Waals surface area contributed by atoms with Crippen molar-refractivity contribution in [3.8, 4) is 0 Å². The zero-order valence-corrected chi connectivity index (χ0v) is 30.4. The van der Waals surface area contributed by atoms with E-state index in [1.807, 2.05) is 55.4 Å². The van der Waals surface area contributed by atoms with Gasteiger partial charge >= 0.3 is 11.9 Å². The molecule has 0 aromatic carbocycles. The predicted octanol–water partition coefficient (Wildman–Crippen LogP) is 2.15. The smallest absolute Gasteiger partial charge is 0.331 e. The molecule has 48 heavy (non-hydrogen) atoms. The fraction of sp³-hybridized carbons (Fsp3) is 0.765. The number of ketones is 3. The van der Waals surface area contributed by atoms with Crippen LogP contribution in [0.3, 0.4) is 0 Å². The zero-order chi connectivity index (χ0) is 37.1. The van der Waals surface area contributed by atoms with Crippen LogP contribution in [0.5, 0.6) is 0 Å². The quantitative estimate of drug-likeness (QED) is 0.0660. The summed E-state index contributed by atoms with van der Waals surface area (Å²) >= 11 is 0. The molecule has 0 spiro atoms. The molecule has 0 aromatic heterocycles. The van der Waals surface area contributed by atoms with E-state index in [1.54, 1.807) is 7.05 Å². The predicted molar refractivity (Wildman–Crippen MR) is 178 cm³/mol. The fourth-order valence-corrected chi connectivity index (χ4v) is 4.87. The van der Waals surface area contributed by atoms with Gasteiger partial charge in [-0.1, -0.05) is 55.4 Å². The van der Waals surface area contributed by atoms with Gasteiger partial charge in [0, 0.05) is 0 Å². The Morgan fingerprint density at radius 2 is 0.812 bits per heavy atom. The van der Waals surface area contributed by atoms with Crippen molar-refractivity contribution in [2.45, 2.75) is 131 Å². The monoisotopic (exact) mass is 682 g/mol. The Labute approximate surface area is 285 Å². The van der Waals surface area contributed by atoms with Crippen molar-refractivity contribution in [3.05, 3.63) is 0 Å². The van der Waals surface area contributed by atoms with Gasteiger partial charge in [-0.2, -0.15) is 0 Å². The number of amides is 3. The molecule has 0 saturated heterocycles. The van der Waals surface area contributed by atoms with Gasteiger partial charge in [-0.15, -0.1) is 0 Å². The van der Waals surface area contributed by atoms with Gasteiger partial charge in [0.2, 0.25) is 24.5 Å². The van der Waals surface area contributed by atoms with Crippen molar-refractivity contribution in [2.24, 2.45) is 23.7 Å². The lowest BCUT2D eigenvalue weighted by atomic mass is 9.93. The van der Waals surface area contributed by atoms with Gasteiger partial charge < -0.3 is 30.7 Å². The van der Waals surface area contributed by atoms with Gasteiger partial charge in [-0.05, 0) is 63.3 Å². The van der Waals surface area contributed by atoms with Crippen LogP contribution in [-0.4, -0.2) is 85.0 Å². The highest BCUT2D eigenvalue weighted by molar-refractivity contribution is 6.06. The number of likely N-dealkylation sites (N-methyl/N-ethyl adjacent to an activating group) is 1. The van der Waals surface area contributed by atoms with E-state index >= 15 is 0 Å². The van der Waals surface area contributed by atoms with E-state index in [4.69, 9.17) is 9.47 Å². The molecule has 0 radical (unpaired) electrons. The summed E-state index contributed by atoms with van der Waals surface area (Å²) in [6.45, 7) is 15.4. The molecule has 4 unspecified atom stereocenters. The Kier molecular flexibility index (Phi) is 21.1. The summed E-state index contributed by atoms with van der Waals surface area (Å²) in [7, 11) is 1.65. The van der Waals surface area contributed by atoms with Crippen LogP contribution in [0, 0.1) is 23.7 Å². The summed E-state index contributed by atoms with van der Waals surface area (Å²) < 4.78 is 10.1.